The Kier molecular flexibility index (Phi) is 5.73. The quantitative estimate of drug-likeness (QED) is 0.804. The molecular formula is C12H20N2S. The summed E-state index contributed by atoms with van der Waals surface area (Å²) in [5.74, 6) is 1.22. The Morgan fingerprint density at radius 3 is 3.00 bits per heavy atom. The number of aryl methyl sites for hydroxylation is 1. The fraction of sp³-hybridized carbons (Fsp3) is 0.583. The van der Waals surface area contributed by atoms with Gasteiger partial charge in [0.1, 0.15) is 0 Å². The lowest BCUT2D eigenvalue weighted by Crippen LogP contribution is -2.26. The average Bonchev–Trinajstić information content (AvgIpc) is 2.25. The van der Waals surface area contributed by atoms with E-state index in [1.54, 1.807) is 0 Å². The van der Waals surface area contributed by atoms with Gasteiger partial charge in [-0.25, -0.2) is 0 Å². The van der Waals surface area contributed by atoms with Crippen LogP contribution in [0.15, 0.2) is 18.5 Å². The number of nitrogens with one attached hydrogen (secondary N) is 1. The second-order valence-corrected chi connectivity index (χ2v) is 4.85. The predicted molar refractivity (Wildman–Crippen MR) is 68.3 cm³/mol. The predicted octanol–water partition coefficient (Wildman–Crippen LogP) is 2.62. The average molecular weight is 224 g/mol. The maximum atomic E-state index is 4.14. The van der Waals surface area contributed by atoms with E-state index in [1.165, 1.54) is 23.3 Å². The standard InChI is InChI=1S/C12H20N2S/c1-10-4-6-13-8-12(10)9-14-11(2)5-7-15-3/h4,6,8,11,14H,5,7,9H2,1-3H3. The minimum atomic E-state index is 0.581. The molecule has 0 spiro atoms. The number of pyridine rings is 1. The number of rotatable bonds is 6. The Balaban J connectivity index is 2.33. The molecule has 0 saturated carbocycles. The highest BCUT2D eigenvalue weighted by Crippen LogP contribution is 2.06. The van der Waals surface area contributed by atoms with Crippen LogP contribution in [0.4, 0.5) is 0 Å². The summed E-state index contributed by atoms with van der Waals surface area (Å²) in [6, 6.07) is 2.64. The van der Waals surface area contributed by atoms with Gasteiger partial charge in [-0.05, 0) is 49.5 Å². The maximum Gasteiger partial charge on any atom is 0.0315 e. The monoisotopic (exact) mass is 224 g/mol. The first-order chi connectivity index (χ1) is 7.24. The summed E-state index contributed by atoms with van der Waals surface area (Å²) in [6.45, 7) is 5.29. The summed E-state index contributed by atoms with van der Waals surface area (Å²) >= 11 is 1.90. The van der Waals surface area contributed by atoms with Crippen LogP contribution in [0.5, 0.6) is 0 Å². The van der Waals surface area contributed by atoms with Crippen molar-refractivity contribution in [2.75, 3.05) is 12.0 Å². The molecule has 84 valence electrons. The van der Waals surface area contributed by atoms with E-state index in [4.69, 9.17) is 0 Å². The molecule has 0 fully saturated rings. The van der Waals surface area contributed by atoms with Gasteiger partial charge in [-0.1, -0.05) is 0 Å². The normalized spacial score (nSPS) is 12.7. The van der Waals surface area contributed by atoms with Crippen molar-refractivity contribution >= 4 is 11.8 Å². The topological polar surface area (TPSA) is 24.9 Å². The fourth-order valence-electron chi connectivity index (χ4n) is 1.36. The first kappa shape index (κ1) is 12.5. The third-order valence-electron chi connectivity index (χ3n) is 2.54. The van der Waals surface area contributed by atoms with Crippen LogP contribution in [0, 0.1) is 6.92 Å². The number of aromatic nitrogens is 1. The van der Waals surface area contributed by atoms with E-state index in [2.05, 4.69) is 36.5 Å². The summed E-state index contributed by atoms with van der Waals surface area (Å²) in [4.78, 5) is 4.14. The van der Waals surface area contributed by atoms with E-state index >= 15 is 0 Å². The fourth-order valence-corrected chi connectivity index (χ4v) is 1.95. The molecule has 0 radical (unpaired) electrons. The Bertz CT molecular complexity index is 289. The van der Waals surface area contributed by atoms with Crippen molar-refractivity contribution < 1.29 is 0 Å². The minimum Gasteiger partial charge on any atom is -0.310 e. The van der Waals surface area contributed by atoms with E-state index < -0.39 is 0 Å². The highest BCUT2D eigenvalue weighted by molar-refractivity contribution is 7.98. The summed E-state index contributed by atoms with van der Waals surface area (Å²) in [5.41, 5.74) is 2.61. The van der Waals surface area contributed by atoms with E-state index in [0.29, 0.717) is 6.04 Å². The van der Waals surface area contributed by atoms with Crippen molar-refractivity contribution in [3.8, 4) is 0 Å². The van der Waals surface area contributed by atoms with Crippen LogP contribution >= 0.6 is 11.8 Å². The molecule has 3 heteroatoms. The van der Waals surface area contributed by atoms with Gasteiger partial charge in [-0.3, -0.25) is 4.98 Å². The molecule has 15 heavy (non-hydrogen) atoms. The zero-order valence-corrected chi connectivity index (χ0v) is 10.6. The van der Waals surface area contributed by atoms with Gasteiger partial charge < -0.3 is 5.32 Å². The SMILES string of the molecule is CSCCC(C)NCc1cnccc1C. The van der Waals surface area contributed by atoms with Gasteiger partial charge in [0.2, 0.25) is 0 Å². The van der Waals surface area contributed by atoms with Gasteiger partial charge in [0.15, 0.2) is 0 Å². The molecule has 1 rings (SSSR count). The molecule has 1 aromatic heterocycles. The molecule has 0 amide bonds. The lowest BCUT2D eigenvalue weighted by molar-refractivity contribution is 0.536. The van der Waals surface area contributed by atoms with Crippen molar-refractivity contribution in [3.05, 3.63) is 29.6 Å². The van der Waals surface area contributed by atoms with Crippen molar-refractivity contribution in [1.82, 2.24) is 10.3 Å². The highest BCUT2D eigenvalue weighted by atomic mass is 32.2. The Morgan fingerprint density at radius 2 is 2.33 bits per heavy atom. The Morgan fingerprint density at radius 1 is 1.53 bits per heavy atom. The van der Waals surface area contributed by atoms with Crippen LogP contribution in [0.2, 0.25) is 0 Å². The maximum absolute atomic E-state index is 4.14. The second-order valence-electron chi connectivity index (χ2n) is 3.87. The molecule has 0 aliphatic heterocycles. The third-order valence-corrected chi connectivity index (χ3v) is 3.19. The summed E-state index contributed by atoms with van der Waals surface area (Å²) < 4.78 is 0. The molecule has 0 aromatic carbocycles. The summed E-state index contributed by atoms with van der Waals surface area (Å²) in [6.07, 6.45) is 7.16. The molecule has 1 atom stereocenters. The molecule has 1 heterocycles. The summed E-state index contributed by atoms with van der Waals surface area (Å²) in [7, 11) is 0. The summed E-state index contributed by atoms with van der Waals surface area (Å²) in [5, 5.41) is 3.52. The van der Waals surface area contributed by atoms with Crippen LogP contribution in [0.1, 0.15) is 24.5 Å². The van der Waals surface area contributed by atoms with Crippen LogP contribution in [0.25, 0.3) is 0 Å². The number of hydrogen-bond donors (Lipinski definition) is 1. The molecular weight excluding hydrogens is 204 g/mol. The van der Waals surface area contributed by atoms with Crippen LogP contribution in [-0.4, -0.2) is 23.0 Å². The lowest BCUT2D eigenvalue weighted by Gasteiger charge is -2.13. The van der Waals surface area contributed by atoms with Crippen LogP contribution in [0.3, 0.4) is 0 Å². The van der Waals surface area contributed by atoms with Crippen molar-refractivity contribution in [2.24, 2.45) is 0 Å². The molecule has 0 saturated heterocycles. The van der Waals surface area contributed by atoms with Gasteiger partial charge >= 0.3 is 0 Å². The Labute approximate surface area is 96.9 Å². The second kappa shape index (κ2) is 6.85. The number of hydrogen-bond acceptors (Lipinski definition) is 3. The molecule has 0 aliphatic rings. The third kappa shape index (κ3) is 4.67. The number of thioether (sulfide) groups is 1. The highest BCUT2D eigenvalue weighted by Gasteiger charge is 2.02. The zero-order valence-electron chi connectivity index (χ0n) is 9.79. The first-order valence-electron chi connectivity index (χ1n) is 5.36. The molecule has 1 aromatic rings. The van der Waals surface area contributed by atoms with Gasteiger partial charge in [-0.2, -0.15) is 11.8 Å². The molecule has 0 bridgehead atoms. The van der Waals surface area contributed by atoms with Gasteiger partial charge in [0.25, 0.3) is 0 Å². The largest absolute Gasteiger partial charge is 0.310 e. The molecule has 1 N–H and O–H groups in total. The van der Waals surface area contributed by atoms with E-state index in [-0.39, 0.29) is 0 Å². The van der Waals surface area contributed by atoms with Crippen molar-refractivity contribution in [2.45, 2.75) is 32.9 Å². The van der Waals surface area contributed by atoms with E-state index in [9.17, 15) is 0 Å². The van der Waals surface area contributed by atoms with Gasteiger partial charge in [-0.15, -0.1) is 0 Å². The van der Waals surface area contributed by atoms with E-state index in [1.807, 2.05) is 24.2 Å². The van der Waals surface area contributed by atoms with Crippen molar-refractivity contribution in [3.63, 3.8) is 0 Å². The van der Waals surface area contributed by atoms with Gasteiger partial charge in [0, 0.05) is 25.0 Å². The number of nitrogens with zero attached hydrogens (tertiary/aromatic N) is 1. The first-order valence-corrected chi connectivity index (χ1v) is 6.75. The van der Waals surface area contributed by atoms with E-state index in [0.717, 1.165) is 6.54 Å². The smallest absolute Gasteiger partial charge is 0.0315 e. The van der Waals surface area contributed by atoms with Gasteiger partial charge in [0.05, 0.1) is 0 Å². The Hall–Kier alpha value is -0.540. The van der Waals surface area contributed by atoms with Crippen molar-refractivity contribution in [1.29, 1.82) is 0 Å². The zero-order chi connectivity index (χ0) is 11.1. The van der Waals surface area contributed by atoms with Crippen LogP contribution in [-0.2, 0) is 6.54 Å². The molecule has 0 aliphatic carbocycles. The molecule has 2 nitrogen and oxygen atoms in total. The lowest BCUT2D eigenvalue weighted by atomic mass is 10.1. The molecule has 1 unspecified atom stereocenters. The minimum absolute atomic E-state index is 0.581. The van der Waals surface area contributed by atoms with Crippen LogP contribution < -0.4 is 5.32 Å².